The Bertz CT molecular complexity index is 366. The van der Waals surface area contributed by atoms with Crippen LogP contribution < -0.4 is 10.6 Å². The first-order chi connectivity index (χ1) is 9.38. The molecule has 1 aliphatic rings. The molecule has 1 fully saturated rings. The first-order valence-electron chi connectivity index (χ1n) is 7.12. The second kappa shape index (κ2) is 7.96. The van der Waals surface area contributed by atoms with Crippen molar-refractivity contribution < 1.29 is 4.74 Å². The molecular weight excluding hydrogens is 240 g/mol. The molecule has 0 amide bonds. The van der Waals surface area contributed by atoms with Crippen LogP contribution in [0.25, 0.3) is 0 Å². The van der Waals surface area contributed by atoms with E-state index in [1.807, 2.05) is 12.3 Å². The number of aromatic nitrogens is 1. The largest absolute Gasteiger partial charge is 0.384 e. The zero-order chi connectivity index (χ0) is 13.3. The molecule has 1 aromatic heterocycles. The van der Waals surface area contributed by atoms with Crippen molar-refractivity contribution in [3.8, 4) is 0 Å². The van der Waals surface area contributed by atoms with Crippen molar-refractivity contribution in [2.24, 2.45) is 0 Å². The molecule has 5 heteroatoms. The van der Waals surface area contributed by atoms with Crippen LogP contribution in [-0.2, 0) is 4.74 Å². The van der Waals surface area contributed by atoms with Gasteiger partial charge in [0.05, 0.1) is 13.2 Å². The molecule has 0 spiro atoms. The molecule has 2 heterocycles. The predicted molar refractivity (Wildman–Crippen MR) is 78.8 cm³/mol. The fraction of sp³-hybridized carbons (Fsp3) is 0.643. The van der Waals surface area contributed by atoms with Gasteiger partial charge in [0.15, 0.2) is 0 Å². The van der Waals surface area contributed by atoms with Gasteiger partial charge in [-0.05, 0) is 12.5 Å². The Morgan fingerprint density at radius 2 is 2.11 bits per heavy atom. The molecule has 0 aliphatic carbocycles. The molecule has 0 radical (unpaired) electrons. The standard InChI is InChI=1S/C14H24N4O/c1-2-4-16-14-12-13(3-5-17-14)15-6-7-18-8-10-19-11-9-18/h3,5,12H,2,4,6-11H2,1H3,(H2,15,16,17). The number of rotatable bonds is 7. The summed E-state index contributed by atoms with van der Waals surface area (Å²) in [6.45, 7) is 8.94. The maximum Gasteiger partial charge on any atom is 0.127 e. The Labute approximate surface area is 115 Å². The molecule has 0 bridgehead atoms. The smallest absolute Gasteiger partial charge is 0.127 e. The van der Waals surface area contributed by atoms with Gasteiger partial charge in [-0.1, -0.05) is 6.92 Å². The lowest BCUT2D eigenvalue weighted by Gasteiger charge is -2.26. The van der Waals surface area contributed by atoms with Gasteiger partial charge in [0, 0.05) is 50.7 Å². The van der Waals surface area contributed by atoms with Crippen molar-refractivity contribution in [2.45, 2.75) is 13.3 Å². The SMILES string of the molecule is CCCNc1cc(NCCN2CCOCC2)ccn1. The molecule has 5 nitrogen and oxygen atoms in total. The van der Waals surface area contributed by atoms with Gasteiger partial charge < -0.3 is 15.4 Å². The minimum atomic E-state index is 0.861. The minimum absolute atomic E-state index is 0.861. The molecule has 106 valence electrons. The number of hydrogen-bond donors (Lipinski definition) is 2. The number of pyridine rings is 1. The number of ether oxygens (including phenoxy) is 1. The van der Waals surface area contributed by atoms with Crippen LogP contribution in [0.1, 0.15) is 13.3 Å². The average molecular weight is 264 g/mol. The van der Waals surface area contributed by atoms with E-state index in [4.69, 9.17) is 4.74 Å². The third kappa shape index (κ3) is 5.04. The van der Waals surface area contributed by atoms with Crippen molar-refractivity contribution >= 4 is 11.5 Å². The van der Waals surface area contributed by atoms with E-state index in [1.165, 1.54) is 0 Å². The van der Waals surface area contributed by atoms with Crippen LogP contribution in [0.4, 0.5) is 11.5 Å². The summed E-state index contributed by atoms with van der Waals surface area (Å²) in [6.07, 6.45) is 2.95. The highest BCUT2D eigenvalue weighted by atomic mass is 16.5. The highest BCUT2D eigenvalue weighted by Gasteiger charge is 2.09. The Hall–Kier alpha value is -1.33. The number of hydrogen-bond acceptors (Lipinski definition) is 5. The lowest BCUT2D eigenvalue weighted by atomic mass is 10.3. The molecule has 2 rings (SSSR count). The number of anilines is 2. The van der Waals surface area contributed by atoms with E-state index in [0.717, 1.165) is 63.9 Å². The number of nitrogens with one attached hydrogen (secondary N) is 2. The van der Waals surface area contributed by atoms with Crippen molar-refractivity contribution in [3.63, 3.8) is 0 Å². The van der Waals surface area contributed by atoms with Gasteiger partial charge in [-0.25, -0.2) is 4.98 Å². The zero-order valence-electron chi connectivity index (χ0n) is 11.7. The Morgan fingerprint density at radius 3 is 2.89 bits per heavy atom. The second-order valence-electron chi connectivity index (χ2n) is 4.74. The van der Waals surface area contributed by atoms with E-state index < -0.39 is 0 Å². The molecule has 0 saturated carbocycles. The van der Waals surface area contributed by atoms with E-state index in [0.29, 0.717) is 0 Å². The summed E-state index contributed by atoms with van der Waals surface area (Å²) in [7, 11) is 0. The van der Waals surface area contributed by atoms with Crippen molar-refractivity contribution in [1.29, 1.82) is 0 Å². The number of nitrogens with zero attached hydrogens (tertiary/aromatic N) is 2. The summed E-state index contributed by atoms with van der Waals surface area (Å²) in [6, 6.07) is 4.07. The molecule has 2 N–H and O–H groups in total. The predicted octanol–water partition coefficient (Wildman–Crippen LogP) is 1.65. The van der Waals surface area contributed by atoms with Gasteiger partial charge in [-0.15, -0.1) is 0 Å². The molecule has 0 unspecified atom stereocenters. The lowest BCUT2D eigenvalue weighted by Crippen LogP contribution is -2.39. The normalized spacial score (nSPS) is 16.3. The van der Waals surface area contributed by atoms with Crippen LogP contribution in [0, 0.1) is 0 Å². The Morgan fingerprint density at radius 1 is 1.26 bits per heavy atom. The summed E-state index contributed by atoms with van der Waals surface area (Å²) in [5.74, 6) is 0.943. The summed E-state index contributed by atoms with van der Waals surface area (Å²) in [5, 5.41) is 6.74. The molecule has 19 heavy (non-hydrogen) atoms. The highest BCUT2D eigenvalue weighted by molar-refractivity contribution is 5.51. The summed E-state index contributed by atoms with van der Waals surface area (Å²) in [4.78, 5) is 6.72. The lowest BCUT2D eigenvalue weighted by molar-refractivity contribution is 0.0398. The molecule has 1 saturated heterocycles. The van der Waals surface area contributed by atoms with Crippen LogP contribution in [-0.4, -0.2) is 55.8 Å². The highest BCUT2D eigenvalue weighted by Crippen LogP contribution is 2.11. The molecule has 0 aromatic carbocycles. The maximum atomic E-state index is 5.34. The van der Waals surface area contributed by atoms with Crippen LogP contribution in [0.3, 0.4) is 0 Å². The van der Waals surface area contributed by atoms with Crippen molar-refractivity contribution in [2.75, 3.05) is 56.6 Å². The maximum absolute atomic E-state index is 5.34. The molecular formula is C14H24N4O. The monoisotopic (exact) mass is 264 g/mol. The van der Waals surface area contributed by atoms with Crippen LogP contribution >= 0.6 is 0 Å². The van der Waals surface area contributed by atoms with E-state index in [9.17, 15) is 0 Å². The van der Waals surface area contributed by atoms with Gasteiger partial charge in [0.1, 0.15) is 5.82 Å². The van der Waals surface area contributed by atoms with Gasteiger partial charge in [0.2, 0.25) is 0 Å². The summed E-state index contributed by atoms with van der Waals surface area (Å²) in [5.41, 5.74) is 1.13. The quantitative estimate of drug-likeness (QED) is 0.784. The summed E-state index contributed by atoms with van der Waals surface area (Å²) >= 11 is 0. The van der Waals surface area contributed by atoms with Crippen LogP contribution in [0.15, 0.2) is 18.3 Å². The Kier molecular flexibility index (Phi) is 5.91. The van der Waals surface area contributed by atoms with E-state index in [-0.39, 0.29) is 0 Å². The van der Waals surface area contributed by atoms with Crippen molar-refractivity contribution in [3.05, 3.63) is 18.3 Å². The second-order valence-corrected chi connectivity index (χ2v) is 4.74. The van der Waals surface area contributed by atoms with E-state index >= 15 is 0 Å². The number of morpholine rings is 1. The van der Waals surface area contributed by atoms with Crippen LogP contribution in [0.2, 0.25) is 0 Å². The molecule has 1 aliphatic heterocycles. The van der Waals surface area contributed by atoms with Crippen molar-refractivity contribution in [1.82, 2.24) is 9.88 Å². The molecule has 1 aromatic rings. The van der Waals surface area contributed by atoms with Gasteiger partial charge in [-0.2, -0.15) is 0 Å². The first kappa shape index (κ1) is 14.1. The van der Waals surface area contributed by atoms with E-state index in [1.54, 1.807) is 0 Å². The first-order valence-corrected chi connectivity index (χ1v) is 7.12. The van der Waals surface area contributed by atoms with Gasteiger partial charge in [0.25, 0.3) is 0 Å². The van der Waals surface area contributed by atoms with Gasteiger partial charge in [-0.3, -0.25) is 4.90 Å². The zero-order valence-corrected chi connectivity index (χ0v) is 11.7. The topological polar surface area (TPSA) is 49.4 Å². The fourth-order valence-corrected chi connectivity index (χ4v) is 2.07. The third-order valence-electron chi connectivity index (χ3n) is 3.18. The van der Waals surface area contributed by atoms with E-state index in [2.05, 4.69) is 33.5 Å². The minimum Gasteiger partial charge on any atom is -0.384 e. The fourth-order valence-electron chi connectivity index (χ4n) is 2.07. The van der Waals surface area contributed by atoms with Crippen LogP contribution in [0.5, 0.6) is 0 Å². The summed E-state index contributed by atoms with van der Waals surface area (Å²) < 4.78 is 5.34. The van der Waals surface area contributed by atoms with Gasteiger partial charge >= 0.3 is 0 Å². The average Bonchev–Trinajstić information content (AvgIpc) is 2.47. The third-order valence-corrected chi connectivity index (χ3v) is 3.18. The molecule has 0 atom stereocenters. The Balaban J connectivity index is 1.72.